The first-order valence-electron chi connectivity index (χ1n) is 9.34. The molecule has 1 unspecified atom stereocenters. The van der Waals surface area contributed by atoms with Crippen molar-refractivity contribution in [2.24, 2.45) is 23.7 Å². The van der Waals surface area contributed by atoms with Gasteiger partial charge in [-0.2, -0.15) is 0 Å². The predicted octanol–water partition coefficient (Wildman–Crippen LogP) is 5.24. The average Bonchev–Trinajstić information content (AvgIpc) is 2.57. The molecule has 1 atom stereocenters. The van der Waals surface area contributed by atoms with Crippen LogP contribution in [0.2, 0.25) is 0 Å². The zero-order valence-corrected chi connectivity index (χ0v) is 13.9. The molecule has 22 heavy (non-hydrogen) atoms. The normalized spacial score (nSPS) is 40.3. The molecular formula is C19H31FO2. The van der Waals surface area contributed by atoms with E-state index in [0.717, 1.165) is 32.0 Å². The van der Waals surface area contributed by atoms with Crippen molar-refractivity contribution in [3.63, 3.8) is 0 Å². The molecule has 3 rings (SSSR count). The lowest BCUT2D eigenvalue weighted by atomic mass is 9.72. The SMILES string of the molecule is CCCC1COC(C2CCC(C3CC=C(F)CC3)CC2)OC1. The lowest BCUT2D eigenvalue weighted by Crippen LogP contribution is -2.39. The van der Waals surface area contributed by atoms with Gasteiger partial charge in [0.15, 0.2) is 6.29 Å². The Morgan fingerprint density at radius 3 is 2.27 bits per heavy atom. The van der Waals surface area contributed by atoms with E-state index in [1.807, 2.05) is 6.08 Å². The summed E-state index contributed by atoms with van der Waals surface area (Å²) in [6.07, 6.45) is 11.9. The summed E-state index contributed by atoms with van der Waals surface area (Å²) >= 11 is 0. The molecule has 0 spiro atoms. The van der Waals surface area contributed by atoms with Gasteiger partial charge in [-0.15, -0.1) is 0 Å². The number of hydrogen-bond acceptors (Lipinski definition) is 2. The maximum absolute atomic E-state index is 13.1. The molecule has 0 bridgehead atoms. The molecular weight excluding hydrogens is 279 g/mol. The summed E-state index contributed by atoms with van der Waals surface area (Å²) in [6.45, 7) is 3.98. The van der Waals surface area contributed by atoms with Gasteiger partial charge in [-0.1, -0.05) is 19.4 Å². The second-order valence-electron chi connectivity index (χ2n) is 7.55. The molecule has 0 aromatic rings. The van der Waals surface area contributed by atoms with E-state index < -0.39 is 0 Å². The number of allylic oxidation sites excluding steroid dienone is 2. The number of rotatable bonds is 4. The van der Waals surface area contributed by atoms with E-state index in [4.69, 9.17) is 9.47 Å². The quantitative estimate of drug-likeness (QED) is 0.707. The van der Waals surface area contributed by atoms with Crippen molar-refractivity contribution in [2.75, 3.05) is 13.2 Å². The van der Waals surface area contributed by atoms with E-state index in [0.29, 0.717) is 24.2 Å². The summed E-state index contributed by atoms with van der Waals surface area (Å²) in [6, 6.07) is 0. The lowest BCUT2D eigenvalue weighted by molar-refractivity contribution is -0.230. The Hall–Kier alpha value is -0.410. The highest BCUT2D eigenvalue weighted by molar-refractivity contribution is 4.99. The third-order valence-corrected chi connectivity index (χ3v) is 5.95. The fourth-order valence-electron chi connectivity index (χ4n) is 4.54. The monoisotopic (exact) mass is 310 g/mol. The van der Waals surface area contributed by atoms with Crippen molar-refractivity contribution < 1.29 is 13.9 Å². The minimum atomic E-state index is 0.0396. The van der Waals surface area contributed by atoms with Gasteiger partial charge in [0.2, 0.25) is 0 Å². The van der Waals surface area contributed by atoms with Crippen LogP contribution in [0.5, 0.6) is 0 Å². The van der Waals surface area contributed by atoms with Gasteiger partial charge in [0.1, 0.15) is 0 Å². The maximum atomic E-state index is 13.1. The summed E-state index contributed by atoms with van der Waals surface area (Å²) in [5.41, 5.74) is 0. The zero-order chi connectivity index (χ0) is 15.4. The summed E-state index contributed by atoms with van der Waals surface area (Å²) < 4.78 is 25.1. The molecule has 0 radical (unpaired) electrons. The van der Waals surface area contributed by atoms with Gasteiger partial charge in [-0.25, -0.2) is 4.39 Å². The van der Waals surface area contributed by atoms with E-state index in [1.54, 1.807) is 0 Å². The molecule has 0 amide bonds. The third-order valence-electron chi connectivity index (χ3n) is 5.95. The van der Waals surface area contributed by atoms with Crippen LogP contribution in [0.1, 0.15) is 64.7 Å². The van der Waals surface area contributed by atoms with Crippen LogP contribution >= 0.6 is 0 Å². The highest BCUT2D eigenvalue weighted by atomic mass is 19.1. The second kappa shape index (κ2) is 7.92. The van der Waals surface area contributed by atoms with Crippen molar-refractivity contribution in [1.82, 2.24) is 0 Å². The summed E-state index contributed by atoms with van der Waals surface area (Å²) in [4.78, 5) is 0. The Kier molecular flexibility index (Phi) is 5.92. The van der Waals surface area contributed by atoms with Crippen LogP contribution in [0, 0.1) is 23.7 Å². The van der Waals surface area contributed by atoms with Crippen LogP contribution in [0.25, 0.3) is 0 Å². The maximum Gasteiger partial charge on any atom is 0.160 e. The topological polar surface area (TPSA) is 18.5 Å². The van der Waals surface area contributed by atoms with Crippen LogP contribution < -0.4 is 0 Å². The number of hydrogen-bond donors (Lipinski definition) is 0. The van der Waals surface area contributed by atoms with Crippen LogP contribution in [-0.2, 0) is 9.47 Å². The van der Waals surface area contributed by atoms with Crippen molar-refractivity contribution >= 4 is 0 Å². The largest absolute Gasteiger partial charge is 0.352 e. The van der Waals surface area contributed by atoms with E-state index in [9.17, 15) is 4.39 Å². The van der Waals surface area contributed by atoms with E-state index in [1.165, 1.54) is 38.5 Å². The molecule has 2 aliphatic carbocycles. The Morgan fingerprint density at radius 2 is 1.68 bits per heavy atom. The molecule has 126 valence electrons. The first-order chi connectivity index (χ1) is 10.8. The minimum absolute atomic E-state index is 0.0396. The van der Waals surface area contributed by atoms with Gasteiger partial charge < -0.3 is 9.47 Å². The summed E-state index contributed by atoms with van der Waals surface area (Å²) in [5.74, 6) is 2.78. The summed E-state index contributed by atoms with van der Waals surface area (Å²) in [5, 5.41) is 0. The summed E-state index contributed by atoms with van der Waals surface area (Å²) in [7, 11) is 0. The second-order valence-corrected chi connectivity index (χ2v) is 7.55. The van der Waals surface area contributed by atoms with Crippen molar-refractivity contribution in [3.05, 3.63) is 11.9 Å². The van der Waals surface area contributed by atoms with Gasteiger partial charge >= 0.3 is 0 Å². The average molecular weight is 310 g/mol. The number of ether oxygens (including phenoxy) is 2. The molecule has 3 aliphatic rings. The minimum Gasteiger partial charge on any atom is -0.352 e. The highest BCUT2D eigenvalue weighted by Crippen LogP contribution is 2.41. The standard InChI is InChI=1S/C19H31FO2/c1-2-3-14-12-21-19(22-13-14)17-6-4-15(5-7-17)16-8-10-18(20)11-9-16/h10,14-17,19H,2-9,11-13H2,1H3. The van der Waals surface area contributed by atoms with Crippen molar-refractivity contribution in [2.45, 2.75) is 71.0 Å². The zero-order valence-electron chi connectivity index (χ0n) is 13.9. The molecule has 1 saturated carbocycles. The van der Waals surface area contributed by atoms with Crippen LogP contribution in [-0.4, -0.2) is 19.5 Å². The Bertz CT molecular complexity index is 366. The molecule has 1 saturated heterocycles. The first kappa shape index (κ1) is 16.4. The molecule has 0 N–H and O–H groups in total. The third kappa shape index (κ3) is 4.11. The van der Waals surface area contributed by atoms with E-state index >= 15 is 0 Å². The molecule has 2 nitrogen and oxygen atoms in total. The molecule has 0 aromatic heterocycles. The molecule has 2 fully saturated rings. The van der Waals surface area contributed by atoms with Gasteiger partial charge in [0.05, 0.1) is 19.0 Å². The number of halogens is 1. The van der Waals surface area contributed by atoms with Crippen LogP contribution in [0.3, 0.4) is 0 Å². The fraction of sp³-hybridized carbons (Fsp3) is 0.895. The lowest BCUT2D eigenvalue weighted by Gasteiger charge is -2.39. The van der Waals surface area contributed by atoms with Gasteiger partial charge in [-0.05, 0) is 63.2 Å². The fourth-order valence-corrected chi connectivity index (χ4v) is 4.54. The Morgan fingerprint density at radius 1 is 1.00 bits per heavy atom. The Labute approximate surface area is 134 Å². The molecule has 0 aromatic carbocycles. The molecule has 1 heterocycles. The predicted molar refractivity (Wildman–Crippen MR) is 86.1 cm³/mol. The molecule has 3 heteroatoms. The smallest absolute Gasteiger partial charge is 0.160 e. The molecule has 1 aliphatic heterocycles. The van der Waals surface area contributed by atoms with Gasteiger partial charge in [0, 0.05) is 11.8 Å². The van der Waals surface area contributed by atoms with E-state index in [2.05, 4.69) is 6.92 Å². The highest BCUT2D eigenvalue weighted by Gasteiger charge is 2.34. The van der Waals surface area contributed by atoms with E-state index in [-0.39, 0.29) is 12.1 Å². The first-order valence-corrected chi connectivity index (χ1v) is 9.34. The van der Waals surface area contributed by atoms with Crippen LogP contribution in [0.4, 0.5) is 4.39 Å². The Balaban J connectivity index is 1.41. The van der Waals surface area contributed by atoms with Crippen molar-refractivity contribution in [1.29, 1.82) is 0 Å². The van der Waals surface area contributed by atoms with Crippen LogP contribution in [0.15, 0.2) is 11.9 Å². The van der Waals surface area contributed by atoms with Gasteiger partial charge in [-0.3, -0.25) is 0 Å². The van der Waals surface area contributed by atoms with Crippen molar-refractivity contribution in [3.8, 4) is 0 Å². The van der Waals surface area contributed by atoms with Gasteiger partial charge in [0.25, 0.3) is 0 Å².